The number of para-hydroxylation sites is 1. The van der Waals surface area contributed by atoms with Crippen LogP contribution >= 0.6 is 11.8 Å². The molecule has 0 fully saturated rings. The molecule has 0 bridgehead atoms. The van der Waals surface area contributed by atoms with E-state index in [9.17, 15) is 9.18 Å². The second-order valence-corrected chi connectivity index (χ2v) is 7.66. The summed E-state index contributed by atoms with van der Waals surface area (Å²) in [7, 11) is 3.35. The number of carbonyl (C=O) groups is 1. The van der Waals surface area contributed by atoms with Crippen molar-refractivity contribution in [2.24, 2.45) is 7.05 Å². The second kappa shape index (κ2) is 8.16. The lowest BCUT2D eigenvalue weighted by Crippen LogP contribution is -2.15. The highest BCUT2D eigenvalue weighted by Gasteiger charge is 2.30. The number of hydrogen-bond donors (Lipinski definition) is 1. The van der Waals surface area contributed by atoms with E-state index in [1.54, 1.807) is 49.3 Å². The van der Waals surface area contributed by atoms with E-state index in [4.69, 9.17) is 9.47 Å². The molecule has 0 saturated carbocycles. The van der Waals surface area contributed by atoms with Gasteiger partial charge in [0.2, 0.25) is 5.91 Å². The van der Waals surface area contributed by atoms with Crippen molar-refractivity contribution in [3.8, 4) is 11.5 Å². The van der Waals surface area contributed by atoms with Gasteiger partial charge in [-0.1, -0.05) is 30.3 Å². The predicted octanol–water partition coefficient (Wildman–Crippen LogP) is 3.92. The highest BCUT2D eigenvalue weighted by atomic mass is 32.2. The van der Waals surface area contributed by atoms with E-state index >= 15 is 0 Å². The lowest BCUT2D eigenvalue weighted by atomic mass is 10.0. The van der Waals surface area contributed by atoms with Crippen LogP contribution in [0.1, 0.15) is 21.9 Å². The molecule has 6 nitrogen and oxygen atoms in total. The first-order valence-electron chi connectivity index (χ1n) is 9.05. The molecule has 2 heterocycles. The lowest BCUT2D eigenvalue weighted by Gasteiger charge is -2.20. The molecule has 1 N–H and O–H groups in total. The third-order valence-electron chi connectivity index (χ3n) is 4.73. The van der Waals surface area contributed by atoms with Crippen LogP contribution in [0.3, 0.4) is 0 Å². The Hall–Kier alpha value is -3.00. The van der Waals surface area contributed by atoms with Crippen molar-refractivity contribution in [3.05, 3.63) is 71.2 Å². The number of anilines is 1. The number of carbonyl (C=O) groups excluding carboxylic acids is 1. The molecule has 4 rings (SSSR count). The average Bonchev–Trinajstić information content (AvgIpc) is 2.98. The average molecular weight is 413 g/mol. The quantitative estimate of drug-likeness (QED) is 0.687. The summed E-state index contributed by atoms with van der Waals surface area (Å²) in [4.78, 5) is 12.2. The molecule has 1 aliphatic rings. The van der Waals surface area contributed by atoms with Gasteiger partial charge in [0.1, 0.15) is 18.2 Å². The van der Waals surface area contributed by atoms with Crippen molar-refractivity contribution >= 4 is 23.5 Å². The van der Waals surface area contributed by atoms with E-state index in [0.717, 1.165) is 11.1 Å². The predicted molar refractivity (Wildman–Crippen MR) is 110 cm³/mol. The first kappa shape index (κ1) is 19.3. The zero-order valence-electron chi connectivity index (χ0n) is 16.0. The molecule has 8 heteroatoms. The molecule has 0 radical (unpaired) electrons. The van der Waals surface area contributed by atoms with Crippen LogP contribution in [-0.4, -0.2) is 28.6 Å². The number of rotatable bonds is 5. The number of ether oxygens (including phenoxy) is 2. The molecule has 0 aliphatic carbocycles. The van der Waals surface area contributed by atoms with Gasteiger partial charge < -0.3 is 14.8 Å². The number of halogens is 1. The maximum Gasteiger partial charge on any atom is 0.235 e. The summed E-state index contributed by atoms with van der Waals surface area (Å²) in [5, 5.41) is 7.01. The van der Waals surface area contributed by atoms with Crippen LogP contribution in [0.4, 0.5) is 10.2 Å². The van der Waals surface area contributed by atoms with Crippen LogP contribution in [0.15, 0.2) is 48.7 Å². The molecule has 0 unspecified atom stereocenters. The Balaban J connectivity index is 1.74. The summed E-state index contributed by atoms with van der Waals surface area (Å²) in [5.74, 6) is 1.63. The molecule has 0 saturated heterocycles. The molecule has 1 aromatic heterocycles. The Bertz CT molecular complexity index is 1050. The van der Waals surface area contributed by atoms with Crippen LogP contribution in [-0.2, 0) is 18.4 Å². The molecule has 1 amide bonds. The van der Waals surface area contributed by atoms with Crippen LogP contribution < -0.4 is 14.8 Å². The number of aryl methyl sites for hydroxylation is 1. The van der Waals surface area contributed by atoms with Gasteiger partial charge in [-0.2, -0.15) is 5.10 Å². The normalized spacial score (nSPS) is 16.0. The standard InChI is InChI=1S/C21H20FN3O3S/c1-25-21-15(10-23-25)20(29-12-18(26)24-21)14-7-5-9-17(27-2)19(14)28-11-13-6-3-4-8-16(13)22/h3-10,20H,11-12H2,1-2H3,(H,24,26)/t20-/m1/s1. The Kier molecular flexibility index (Phi) is 5.44. The number of fused-ring (bicyclic) bond motifs is 1. The SMILES string of the molecule is COc1cccc([C@H]2SCC(=O)Nc3c2cnn3C)c1OCc1ccccc1F. The lowest BCUT2D eigenvalue weighted by molar-refractivity contribution is -0.113. The van der Waals surface area contributed by atoms with E-state index < -0.39 is 0 Å². The van der Waals surface area contributed by atoms with E-state index in [-0.39, 0.29) is 23.6 Å². The van der Waals surface area contributed by atoms with Crippen molar-refractivity contribution < 1.29 is 18.7 Å². The topological polar surface area (TPSA) is 65.4 Å². The minimum Gasteiger partial charge on any atom is -0.493 e. The number of hydrogen-bond acceptors (Lipinski definition) is 5. The molecule has 1 aliphatic heterocycles. The largest absolute Gasteiger partial charge is 0.493 e. The third kappa shape index (κ3) is 3.80. The van der Waals surface area contributed by atoms with Gasteiger partial charge in [-0.15, -0.1) is 11.8 Å². The molecule has 1 atom stereocenters. The van der Waals surface area contributed by atoms with Crippen LogP contribution in [0, 0.1) is 5.82 Å². The van der Waals surface area contributed by atoms with Gasteiger partial charge in [0.15, 0.2) is 11.5 Å². The number of methoxy groups -OCH3 is 1. The van der Waals surface area contributed by atoms with Crippen molar-refractivity contribution in [1.29, 1.82) is 0 Å². The van der Waals surface area contributed by atoms with E-state index in [2.05, 4.69) is 10.4 Å². The zero-order chi connectivity index (χ0) is 20.4. The Morgan fingerprint density at radius 1 is 1.24 bits per heavy atom. The van der Waals surface area contributed by atoms with Gasteiger partial charge in [-0.25, -0.2) is 4.39 Å². The van der Waals surface area contributed by atoms with Crippen LogP contribution in [0.25, 0.3) is 0 Å². The molecular formula is C21H20FN3O3S. The summed E-state index contributed by atoms with van der Waals surface area (Å²) in [6.45, 7) is 0.0640. The molecule has 150 valence electrons. The third-order valence-corrected chi connectivity index (χ3v) is 6.00. The maximum atomic E-state index is 14.1. The Morgan fingerprint density at radius 3 is 2.86 bits per heavy atom. The summed E-state index contributed by atoms with van der Waals surface area (Å²) in [6, 6.07) is 12.1. The smallest absolute Gasteiger partial charge is 0.235 e. The number of aromatic nitrogens is 2. The minimum atomic E-state index is -0.322. The second-order valence-electron chi connectivity index (χ2n) is 6.57. The fraction of sp³-hybridized carbons (Fsp3) is 0.238. The van der Waals surface area contributed by atoms with Gasteiger partial charge in [-0.05, 0) is 12.1 Å². The number of amides is 1. The Morgan fingerprint density at radius 2 is 2.07 bits per heavy atom. The summed E-state index contributed by atoms with van der Waals surface area (Å²) in [6.07, 6.45) is 1.75. The van der Waals surface area contributed by atoms with Gasteiger partial charge >= 0.3 is 0 Å². The van der Waals surface area contributed by atoms with Crippen molar-refractivity contribution in [2.45, 2.75) is 11.9 Å². The Labute approximate surface area is 172 Å². The van der Waals surface area contributed by atoms with Crippen molar-refractivity contribution in [1.82, 2.24) is 9.78 Å². The van der Waals surface area contributed by atoms with Crippen molar-refractivity contribution in [3.63, 3.8) is 0 Å². The van der Waals surface area contributed by atoms with E-state index in [1.807, 2.05) is 12.1 Å². The van der Waals surface area contributed by atoms with Gasteiger partial charge in [-0.3, -0.25) is 9.48 Å². The minimum absolute atomic E-state index is 0.0640. The fourth-order valence-corrected chi connectivity index (χ4v) is 4.40. The zero-order valence-corrected chi connectivity index (χ0v) is 16.8. The number of nitrogens with zero attached hydrogens (tertiary/aromatic N) is 2. The monoisotopic (exact) mass is 413 g/mol. The molecule has 2 aromatic carbocycles. The van der Waals surface area contributed by atoms with Crippen LogP contribution in [0.5, 0.6) is 11.5 Å². The van der Waals surface area contributed by atoms with Crippen molar-refractivity contribution in [2.75, 3.05) is 18.2 Å². The van der Waals surface area contributed by atoms with Gasteiger partial charge in [0, 0.05) is 23.7 Å². The van der Waals surface area contributed by atoms with Gasteiger partial charge in [0.25, 0.3) is 0 Å². The van der Waals surface area contributed by atoms with E-state index in [1.165, 1.54) is 17.8 Å². The fourth-order valence-electron chi connectivity index (χ4n) is 3.29. The first-order valence-corrected chi connectivity index (χ1v) is 10.1. The maximum absolute atomic E-state index is 14.1. The summed E-state index contributed by atoms with van der Waals surface area (Å²) < 4.78 is 27.3. The number of thioether (sulfide) groups is 1. The molecule has 3 aromatic rings. The number of benzene rings is 2. The van der Waals surface area contributed by atoms with Gasteiger partial charge in [0.05, 0.1) is 24.3 Å². The van der Waals surface area contributed by atoms with Crippen LogP contribution in [0.2, 0.25) is 0 Å². The van der Waals surface area contributed by atoms with E-state index in [0.29, 0.717) is 28.6 Å². The molecule has 29 heavy (non-hydrogen) atoms. The summed E-state index contributed by atoms with van der Waals surface area (Å²) >= 11 is 1.48. The highest BCUT2D eigenvalue weighted by Crippen LogP contribution is 2.47. The first-order chi connectivity index (χ1) is 14.1. The molecular weight excluding hydrogens is 393 g/mol. The number of nitrogens with one attached hydrogen (secondary N) is 1. The molecule has 0 spiro atoms. The highest BCUT2D eigenvalue weighted by molar-refractivity contribution is 8.00. The summed E-state index contributed by atoms with van der Waals surface area (Å²) in [5.41, 5.74) is 2.18.